The van der Waals surface area contributed by atoms with Gasteiger partial charge in [0, 0.05) is 19.3 Å². The molecular formula is C7H12BClO2. The second-order valence-electron chi connectivity index (χ2n) is 2.13. The summed E-state index contributed by atoms with van der Waals surface area (Å²) in [6.07, 6.45) is 0. The van der Waals surface area contributed by atoms with Crippen LogP contribution in [0.5, 0.6) is 0 Å². The van der Waals surface area contributed by atoms with Gasteiger partial charge < -0.3 is 9.31 Å². The number of halogens is 1. The Bertz CT molecular complexity index is 164. The highest BCUT2D eigenvalue weighted by Gasteiger charge is 2.11. The molecule has 0 rings (SSSR count). The molecule has 0 bridgehead atoms. The van der Waals surface area contributed by atoms with E-state index in [4.69, 9.17) is 20.9 Å². The van der Waals surface area contributed by atoms with E-state index in [1.54, 1.807) is 20.2 Å². The highest BCUT2D eigenvalue weighted by molar-refractivity contribution is 6.53. The number of hydrogen-bond donors (Lipinski definition) is 0. The molecule has 0 fully saturated rings. The fraction of sp³-hybridized carbons (Fsp3) is 0.429. The summed E-state index contributed by atoms with van der Waals surface area (Å²) in [5.41, 5.74) is 0.797. The standard InChI is InChI=1S/C7H12BClO2/c1-6(2)7(9)5-8(10-3)11-4/h5H,1H2,2-4H3/b7-5+. The zero-order valence-electron chi connectivity index (χ0n) is 7.06. The Morgan fingerprint density at radius 1 is 1.45 bits per heavy atom. The van der Waals surface area contributed by atoms with Gasteiger partial charge in [0.2, 0.25) is 0 Å². The van der Waals surface area contributed by atoms with Crippen LogP contribution in [0.1, 0.15) is 6.92 Å². The molecule has 0 unspecified atom stereocenters. The van der Waals surface area contributed by atoms with E-state index < -0.39 is 0 Å². The van der Waals surface area contributed by atoms with Gasteiger partial charge in [0.05, 0.1) is 0 Å². The van der Waals surface area contributed by atoms with Crippen LogP contribution >= 0.6 is 11.6 Å². The van der Waals surface area contributed by atoms with E-state index in [0.717, 1.165) is 5.57 Å². The van der Waals surface area contributed by atoms with Gasteiger partial charge in [-0.05, 0) is 18.5 Å². The Morgan fingerprint density at radius 2 is 1.91 bits per heavy atom. The molecule has 0 atom stereocenters. The van der Waals surface area contributed by atoms with Crippen molar-refractivity contribution in [3.05, 3.63) is 23.2 Å². The van der Waals surface area contributed by atoms with Crippen molar-refractivity contribution in [3.8, 4) is 0 Å². The quantitative estimate of drug-likeness (QED) is 0.479. The van der Waals surface area contributed by atoms with Gasteiger partial charge in [-0.15, -0.1) is 0 Å². The Kier molecular flexibility index (Phi) is 5.29. The molecule has 2 nitrogen and oxygen atoms in total. The van der Waals surface area contributed by atoms with E-state index in [0.29, 0.717) is 5.03 Å². The van der Waals surface area contributed by atoms with E-state index in [1.165, 1.54) is 0 Å². The van der Waals surface area contributed by atoms with Crippen LogP contribution in [0.15, 0.2) is 23.2 Å². The number of allylic oxidation sites excluding steroid dienone is 2. The second kappa shape index (κ2) is 5.41. The summed E-state index contributed by atoms with van der Waals surface area (Å²) >= 11 is 5.77. The summed E-state index contributed by atoms with van der Waals surface area (Å²) in [5.74, 6) is 1.66. The van der Waals surface area contributed by atoms with E-state index in [-0.39, 0.29) is 7.12 Å². The molecule has 0 aromatic heterocycles. The Hall–Kier alpha value is -0.245. The van der Waals surface area contributed by atoms with Gasteiger partial charge in [0.1, 0.15) is 0 Å². The van der Waals surface area contributed by atoms with Gasteiger partial charge in [-0.3, -0.25) is 0 Å². The van der Waals surface area contributed by atoms with E-state index in [2.05, 4.69) is 6.58 Å². The third kappa shape index (κ3) is 4.25. The lowest BCUT2D eigenvalue weighted by Crippen LogP contribution is -2.16. The average Bonchev–Trinajstić information content (AvgIpc) is 1.99. The summed E-state index contributed by atoms with van der Waals surface area (Å²) in [5, 5.41) is 0.568. The molecule has 0 aliphatic rings. The van der Waals surface area contributed by atoms with Crippen LogP contribution in [-0.4, -0.2) is 21.3 Å². The normalized spacial score (nSPS) is 11.5. The molecular weight excluding hydrogens is 162 g/mol. The summed E-state index contributed by atoms with van der Waals surface area (Å²) in [6, 6.07) is 0. The first-order valence-electron chi connectivity index (χ1n) is 3.20. The van der Waals surface area contributed by atoms with Crippen LogP contribution in [-0.2, 0) is 9.31 Å². The molecule has 0 aliphatic heterocycles. The van der Waals surface area contributed by atoms with E-state index in [1.807, 2.05) is 6.92 Å². The number of rotatable bonds is 4. The third-order valence-electron chi connectivity index (χ3n) is 1.15. The van der Waals surface area contributed by atoms with Gasteiger partial charge in [-0.1, -0.05) is 18.2 Å². The van der Waals surface area contributed by atoms with Gasteiger partial charge in [0.25, 0.3) is 0 Å². The molecule has 0 aromatic rings. The van der Waals surface area contributed by atoms with E-state index in [9.17, 15) is 0 Å². The molecule has 11 heavy (non-hydrogen) atoms. The first kappa shape index (κ1) is 10.8. The smallest absolute Gasteiger partial charge is 0.410 e. The molecule has 4 heteroatoms. The van der Waals surface area contributed by atoms with Crippen molar-refractivity contribution in [2.45, 2.75) is 6.92 Å². The minimum atomic E-state index is -0.390. The molecule has 0 N–H and O–H groups in total. The fourth-order valence-corrected chi connectivity index (χ4v) is 0.597. The lowest BCUT2D eigenvalue weighted by Gasteiger charge is -2.03. The van der Waals surface area contributed by atoms with Crippen LogP contribution in [0.25, 0.3) is 0 Å². The zero-order valence-corrected chi connectivity index (χ0v) is 7.81. The van der Waals surface area contributed by atoms with Crippen molar-refractivity contribution in [1.29, 1.82) is 0 Å². The van der Waals surface area contributed by atoms with Gasteiger partial charge >= 0.3 is 7.12 Å². The summed E-state index contributed by atoms with van der Waals surface area (Å²) in [4.78, 5) is 0. The molecule has 0 saturated carbocycles. The molecule has 62 valence electrons. The van der Waals surface area contributed by atoms with Crippen molar-refractivity contribution in [3.63, 3.8) is 0 Å². The maximum atomic E-state index is 5.77. The van der Waals surface area contributed by atoms with Crippen LogP contribution < -0.4 is 0 Å². The molecule has 0 radical (unpaired) electrons. The first-order chi connectivity index (χ1) is 5.11. The van der Waals surface area contributed by atoms with Gasteiger partial charge in [-0.25, -0.2) is 0 Å². The average molecular weight is 174 g/mol. The molecule has 0 aliphatic carbocycles. The fourth-order valence-electron chi connectivity index (χ4n) is 0.494. The minimum Gasteiger partial charge on any atom is -0.410 e. The Labute approximate surface area is 73.0 Å². The monoisotopic (exact) mass is 174 g/mol. The van der Waals surface area contributed by atoms with Gasteiger partial charge in [0.15, 0.2) is 0 Å². The van der Waals surface area contributed by atoms with Crippen molar-refractivity contribution < 1.29 is 9.31 Å². The lowest BCUT2D eigenvalue weighted by molar-refractivity contribution is 0.290. The molecule has 0 heterocycles. The van der Waals surface area contributed by atoms with Crippen molar-refractivity contribution >= 4 is 18.7 Å². The summed E-state index contributed by atoms with van der Waals surface area (Å²) in [7, 11) is 2.71. The van der Waals surface area contributed by atoms with E-state index >= 15 is 0 Å². The predicted molar refractivity (Wildman–Crippen MR) is 48.5 cm³/mol. The third-order valence-corrected chi connectivity index (χ3v) is 1.60. The highest BCUT2D eigenvalue weighted by Crippen LogP contribution is 2.12. The maximum Gasteiger partial charge on any atom is 0.487 e. The Balaban J connectivity index is 4.14. The minimum absolute atomic E-state index is 0.390. The maximum absolute atomic E-state index is 5.77. The summed E-state index contributed by atoms with van der Waals surface area (Å²) < 4.78 is 9.79. The molecule has 0 saturated heterocycles. The van der Waals surface area contributed by atoms with Crippen molar-refractivity contribution in [2.24, 2.45) is 0 Å². The van der Waals surface area contributed by atoms with Crippen LogP contribution in [0.2, 0.25) is 0 Å². The van der Waals surface area contributed by atoms with Crippen LogP contribution in [0.4, 0.5) is 0 Å². The lowest BCUT2D eigenvalue weighted by atomic mass is 9.89. The van der Waals surface area contributed by atoms with Gasteiger partial charge in [-0.2, -0.15) is 0 Å². The number of hydrogen-bond acceptors (Lipinski definition) is 2. The largest absolute Gasteiger partial charge is 0.487 e. The molecule has 0 amide bonds. The SMILES string of the molecule is C=C(C)/C(Cl)=C\B(OC)OC. The second-order valence-corrected chi connectivity index (χ2v) is 2.54. The van der Waals surface area contributed by atoms with Crippen LogP contribution in [0.3, 0.4) is 0 Å². The summed E-state index contributed by atoms with van der Waals surface area (Å²) in [6.45, 7) is 5.49. The molecule has 0 spiro atoms. The first-order valence-corrected chi connectivity index (χ1v) is 3.58. The zero-order chi connectivity index (χ0) is 8.85. The highest BCUT2D eigenvalue weighted by atomic mass is 35.5. The molecule has 0 aromatic carbocycles. The van der Waals surface area contributed by atoms with Crippen LogP contribution in [0, 0.1) is 0 Å². The topological polar surface area (TPSA) is 18.5 Å². The van der Waals surface area contributed by atoms with Crippen molar-refractivity contribution in [2.75, 3.05) is 14.2 Å². The predicted octanol–water partition coefficient (Wildman–Crippen LogP) is 2.01. The Morgan fingerprint density at radius 3 is 2.18 bits per heavy atom. The van der Waals surface area contributed by atoms with Crippen molar-refractivity contribution in [1.82, 2.24) is 0 Å².